The van der Waals surface area contributed by atoms with Crippen LogP contribution < -0.4 is 5.32 Å². The maximum Gasteiger partial charge on any atom is 0.131 e. The smallest absolute Gasteiger partial charge is 0.131 e. The molecule has 3 nitrogen and oxygen atoms in total. The molecule has 2 fully saturated rings. The van der Waals surface area contributed by atoms with Crippen LogP contribution in [-0.2, 0) is 0 Å². The molecule has 0 aromatic carbocycles. The second-order valence-electron chi connectivity index (χ2n) is 4.47. The summed E-state index contributed by atoms with van der Waals surface area (Å²) in [5.41, 5.74) is 0.591. The predicted molar refractivity (Wildman–Crippen MR) is 54.3 cm³/mol. The van der Waals surface area contributed by atoms with Crippen molar-refractivity contribution in [3.05, 3.63) is 23.2 Å². The molecule has 74 valence electrons. The Bertz CT molecular complexity index is 337. The molecule has 1 saturated heterocycles. The highest BCUT2D eigenvalue weighted by atomic mass is 35.5. The molecule has 3 rings (SSSR count). The van der Waals surface area contributed by atoms with Crippen LogP contribution in [0, 0.1) is 5.41 Å². The molecule has 0 atom stereocenters. The van der Waals surface area contributed by atoms with E-state index in [4.69, 9.17) is 11.6 Å². The van der Waals surface area contributed by atoms with Gasteiger partial charge in [-0.25, -0.2) is 9.97 Å². The van der Waals surface area contributed by atoms with Crippen LogP contribution in [0.15, 0.2) is 12.4 Å². The van der Waals surface area contributed by atoms with Gasteiger partial charge in [0.2, 0.25) is 0 Å². The number of nitrogens with zero attached hydrogens (tertiary/aromatic N) is 2. The van der Waals surface area contributed by atoms with E-state index < -0.39 is 0 Å². The zero-order chi connectivity index (χ0) is 9.60. The van der Waals surface area contributed by atoms with Crippen molar-refractivity contribution in [2.45, 2.75) is 18.8 Å². The monoisotopic (exact) mass is 209 g/mol. The normalized spacial score (nSPS) is 24.4. The molecule has 1 aliphatic carbocycles. The Kier molecular flexibility index (Phi) is 1.79. The molecule has 1 spiro atoms. The highest BCUT2D eigenvalue weighted by molar-refractivity contribution is 6.30. The topological polar surface area (TPSA) is 37.8 Å². The maximum absolute atomic E-state index is 5.74. The Balaban J connectivity index is 1.70. The van der Waals surface area contributed by atoms with Crippen molar-refractivity contribution >= 4 is 11.6 Å². The van der Waals surface area contributed by atoms with E-state index in [1.165, 1.54) is 25.9 Å². The Morgan fingerprint density at radius 2 is 1.93 bits per heavy atom. The number of halogens is 1. The van der Waals surface area contributed by atoms with Crippen LogP contribution in [0.25, 0.3) is 0 Å². The average molecular weight is 210 g/mol. The van der Waals surface area contributed by atoms with Gasteiger partial charge in [-0.2, -0.15) is 0 Å². The van der Waals surface area contributed by atoms with E-state index in [2.05, 4.69) is 15.3 Å². The van der Waals surface area contributed by atoms with Gasteiger partial charge in [0.1, 0.15) is 5.82 Å². The first kappa shape index (κ1) is 8.62. The van der Waals surface area contributed by atoms with Crippen molar-refractivity contribution in [1.29, 1.82) is 0 Å². The lowest BCUT2D eigenvalue weighted by atomic mass is 9.58. The predicted octanol–water partition coefficient (Wildman–Crippen LogP) is 1.60. The summed E-state index contributed by atoms with van der Waals surface area (Å²) in [4.78, 5) is 8.52. The molecule has 14 heavy (non-hydrogen) atoms. The standard InChI is InChI=1S/C10H12ClN3/c11-8-3-13-9(14-4-8)7-1-10(2-7)5-12-6-10/h3-4,7,12H,1-2,5-6H2. The van der Waals surface area contributed by atoms with Gasteiger partial charge in [0.25, 0.3) is 0 Å². The van der Waals surface area contributed by atoms with Crippen LogP contribution in [-0.4, -0.2) is 23.1 Å². The number of rotatable bonds is 1. The Hall–Kier alpha value is -0.670. The Labute approximate surface area is 87.9 Å². The van der Waals surface area contributed by atoms with Crippen LogP contribution in [0.2, 0.25) is 5.02 Å². The quantitative estimate of drug-likeness (QED) is 0.764. The van der Waals surface area contributed by atoms with Gasteiger partial charge in [-0.15, -0.1) is 0 Å². The van der Waals surface area contributed by atoms with E-state index in [9.17, 15) is 0 Å². The number of hydrogen-bond donors (Lipinski definition) is 1. The second kappa shape index (κ2) is 2.91. The second-order valence-corrected chi connectivity index (χ2v) is 4.90. The van der Waals surface area contributed by atoms with Gasteiger partial charge in [0.05, 0.1) is 5.02 Å². The lowest BCUT2D eigenvalue weighted by Gasteiger charge is -2.53. The Morgan fingerprint density at radius 1 is 1.29 bits per heavy atom. The van der Waals surface area contributed by atoms with Gasteiger partial charge in [0, 0.05) is 31.4 Å². The molecule has 1 saturated carbocycles. The minimum atomic E-state index is 0.564. The summed E-state index contributed by atoms with van der Waals surface area (Å²) in [5, 5.41) is 3.94. The number of nitrogens with one attached hydrogen (secondary N) is 1. The highest BCUT2D eigenvalue weighted by Crippen LogP contribution is 2.52. The van der Waals surface area contributed by atoms with Gasteiger partial charge in [0.15, 0.2) is 0 Å². The lowest BCUT2D eigenvalue weighted by molar-refractivity contribution is 0.0330. The van der Waals surface area contributed by atoms with Crippen molar-refractivity contribution in [2.24, 2.45) is 5.41 Å². The third-order valence-corrected chi connectivity index (χ3v) is 3.56. The third kappa shape index (κ3) is 1.23. The SMILES string of the molecule is Clc1cnc(C2CC3(CNC3)C2)nc1. The summed E-state index contributed by atoms with van der Waals surface area (Å²) in [7, 11) is 0. The molecule has 2 heterocycles. The Morgan fingerprint density at radius 3 is 2.43 bits per heavy atom. The first-order valence-corrected chi connectivity index (χ1v) is 5.33. The van der Waals surface area contributed by atoms with Gasteiger partial charge in [-0.3, -0.25) is 0 Å². The fourth-order valence-electron chi connectivity index (χ4n) is 2.47. The van der Waals surface area contributed by atoms with Crippen LogP contribution in [0.1, 0.15) is 24.6 Å². The van der Waals surface area contributed by atoms with E-state index in [1.807, 2.05) is 0 Å². The first-order valence-electron chi connectivity index (χ1n) is 4.96. The van der Waals surface area contributed by atoms with Gasteiger partial charge in [-0.1, -0.05) is 11.6 Å². The summed E-state index contributed by atoms with van der Waals surface area (Å²) < 4.78 is 0. The molecular formula is C10H12ClN3. The molecule has 1 aromatic heterocycles. The largest absolute Gasteiger partial charge is 0.316 e. The molecule has 1 N–H and O–H groups in total. The summed E-state index contributed by atoms with van der Waals surface area (Å²) >= 11 is 5.74. The summed E-state index contributed by atoms with van der Waals surface area (Å²) in [6, 6.07) is 0. The van der Waals surface area contributed by atoms with Gasteiger partial charge >= 0.3 is 0 Å². The highest BCUT2D eigenvalue weighted by Gasteiger charge is 2.49. The van der Waals surface area contributed by atoms with Crippen molar-refractivity contribution in [1.82, 2.24) is 15.3 Å². The molecule has 1 aliphatic heterocycles. The fraction of sp³-hybridized carbons (Fsp3) is 0.600. The van der Waals surface area contributed by atoms with E-state index in [0.717, 1.165) is 5.82 Å². The van der Waals surface area contributed by atoms with E-state index in [0.29, 0.717) is 16.4 Å². The van der Waals surface area contributed by atoms with Crippen LogP contribution >= 0.6 is 11.6 Å². The molecule has 1 aromatic rings. The van der Waals surface area contributed by atoms with Crippen LogP contribution in [0.3, 0.4) is 0 Å². The molecule has 0 amide bonds. The summed E-state index contributed by atoms with van der Waals surface area (Å²) in [6.07, 6.45) is 5.85. The molecule has 4 heteroatoms. The van der Waals surface area contributed by atoms with Gasteiger partial charge < -0.3 is 5.32 Å². The average Bonchev–Trinajstić information content (AvgIpc) is 2.03. The number of hydrogen-bond acceptors (Lipinski definition) is 3. The molecule has 0 radical (unpaired) electrons. The summed E-state index contributed by atoms with van der Waals surface area (Å²) in [6.45, 7) is 2.36. The molecule has 0 bridgehead atoms. The zero-order valence-electron chi connectivity index (χ0n) is 7.83. The van der Waals surface area contributed by atoms with Crippen molar-refractivity contribution < 1.29 is 0 Å². The minimum absolute atomic E-state index is 0.564. The molecule has 2 aliphatic rings. The molecule has 0 unspecified atom stereocenters. The minimum Gasteiger partial charge on any atom is -0.316 e. The summed E-state index contributed by atoms with van der Waals surface area (Å²) in [5.74, 6) is 1.53. The number of aromatic nitrogens is 2. The lowest BCUT2D eigenvalue weighted by Crippen LogP contribution is -2.59. The van der Waals surface area contributed by atoms with Gasteiger partial charge in [-0.05, 0) is 18.3 Å². The van der Waals surface area contributed by atoms with Crippen LogP contribution in [0.5, 0.6) is 0 Å². The fourth-order valence-corrected chi connectivity index (χ4v) is 2.57. The van der Waals surface area contributed by atoms with Crippen molar-refractivity contribution in [3.63, 3.8) is 0 Å². The van der Waals surface area contributed by atoms with Crippen molar-refractivity contribution in [2.75, 3.05) is 13.1 Å². The van der Waals surface area contributed by atoms with E-state index >= 15 is 0 Å². The zero-order valence-corrected chi connectivity index (χ0v) is 8.59. The van der Waals surface area contributed by atoms with E-state index in [1.54, 1.807) is 12.4 Å². The third-order valence-electron chi connectivity index (χ3n) is 3.36. The van der Waals surface area contributed by atoms with Crippen LogP contribution in [0.4, 0.5) is 0 Å². The molecular weight excluding hydrogens is 198 g/mol. The van der Waals surface area contributed by atoms with Crippen molar-refractivity contribution in [3.8, 4) is 0 Å². The van der Waals surface area contributed by atoms with E-state index in [-0.39, 0.29) is 0 Å². The first-order chi connectivity index (χ1) is 6.77. The maximum atomic E-state index is 5.74.